The third-order valence-corrected chi connectivity index (χ3v) is 1.30. The minimum Gasteiger partial charge on any atom is -0.280 e. The van der Waals surface area contributed by atoms with Crippen LogP contribution in [0.5, 0.6) is 0 Å². The van der Waals surface area contributed by atoms with Gasteiger partial charge in [-0.1, -0.05) is 13.8 Å². The molecule has 1 rings (SSSR count). The number of benzene rings is 1. The second kappa shape index (κ2) is 7.17. The summed E-state index contributed by atoms with van der Waals surface area (Å²) < 4.78 is 61.3. The fourth-order valence-electron chi connectivity index (χ4n) is 0.650. The first-order valence-corrected chi connectivity index (χ1v) is 3.80. The monoisotopic (exact) mass is 300 g/mol. The van der Waals surface area contributed by atoms with Crippen LogP contribution in [0.4, 0.5) is 22.0 Å². The summed E-state index contributed by atoms with van der Waals surface area (Å²) in [6.07, 6.45) is 0. The topological polar surface area (TPSA) is 0 Å². The maximum Gasteiger partial charge on any atom is 0.175 e. The summed E-state index contributed by atoms with van der Waals surface area (Å²) in [5.74, 6) is -9.91. The van der Waals surface area contributed by atoms with Crippen molar-refractivity contribution >= 4 is 0 Å². The molecular weight excluding hydrogens is 292 g/mol. The maximum absolute atomic E-state index is 12.3. The molecule has 0 aliphatic rings. The van der Waals surface area contributed by atoms with Crippen LogP contribution in [0.1, 0.15) is 19.4 Å². The Morgan fingerprint density at radius 3 is 1.13 bits per heavy atom. The molecular formula is C9H8F5Y-. The molecule has 0 saturated carbocycles. The largest absolute Gasteiger partial charge is 0.280 e. The Bertz CT molecular complexity index is 233. The van der Waals surface area contributed by atoms with Crippen LogP contribution in [0.2, 0.25) is 0 Å². The van der Waals surface area contributed by atoms with E-state index in [2.05, 4.69) is 6.92 Å². The van der Waals surface area contributed by atoms with Crippen molar-refractivity contribution in [2.75, 3.05) is 0 Å². The fourth-order valence-corrected chi connectivity index (χ4v) is 0.650. The molecule has 0 bridgehead atoms. The smallest absolute Gasteiger partial charge is 0.175 e. The molecule has 0 aliphatic carbocycles. The Kier molecular flexibility index (Phi) is 8.25. The minimum absolute atomic E-state index is 0. The fraction of sp³-hybridized carbons (Fsp3) is 0.222. The first-order valence-electron chi connectivity index (χ1n) is 3.80. The van der Waals surface area contributed by atoms with Crippen LogP contribution in [0.15, 0.2) is 0 Å². The van der Waals surface area contributed by atoms with Gasteiger partial charge in [-0.25, -0.2) is 13.2 Å². The van der Waals surface area contributed by atoms with E-state index < -0.39 is 34.6 Å². The summed E-state index contributed by atoms with van der Waals surface area (Å²) in [6.45, 7) is 6.69. The molecule has 15 heavy (non-hydrogen) atoms. The zero-order valence-corrected chi connectivity index (χ0v) is 11.0. The average molecular weight is 300 g/mol. The van der Waals surface area contributed by atoms with Gasteiger partial charge in [-0.3, -0.25) is 8.78 Å². The second-order valence-electron chi connectivity index (χ2n) is 2.05. The number of hydrogen-bond donors (Lipinski definition) is 0. The molecule has 0 heterocycles. The summed E-state index contributed by atoms with van der Waals surface area (Å²) in [4.78, 5) is 0. The van der Waals surface area contributed by atoms with Gasteiger partial charge in [-0.2, -0.15) is 6.92 Å². The molecule has 1 aromatic carbocycles. The molecule has 83 valence electrons. The van der Waals surface area contributed by atoms with Gasteiger partial charge in [0.05, 0.1) is 11.6 Å². The molecule has 0 atom stereocenters. The number of hydrogen-bond acceptors (Lipinski definition) is 0. The summed E-state index contributed by atoms with van der Waals surface area (Å²) in [5.41, 5.74) is -1.12. The predicted octanol–water partition coefficient (Wildman–Crippen LogP) is 3.59. The molecule has 0 fully saturated rings. The Morgan fingerprint density at radius 1 is 0.667 bits per heavy atom. The summed E-state index contributed by atoms with van der Waals surface area (Å²) in [6, 6.07) is 0. The van der Waals surface area contributed by atoms with Crippen LogP contribution in [0.25, 0.3) is 0 Å². The van der Waals surface area contributed by atoms with Gasteiger partial charge in [0, 0.05) is 32.7 Å². The van der Waals surface area contributed by atoms with E-state index in [9.17, 15) is 22.0 Å². The first kappa shape index (κ1) is 17.2. The van der Waals surface area contributed by atoms with E-state index in [0.29, 0.717) is 0 Å². The van der Waals surface area contributed by atoms with Crippen molar-refractivity contribution in [2.24, 2.45) is 0 Å². The van der Waals surface area contributed by atoms with Crippen molar-refractivity contribution in [1.29, 1.82) is 0 Å². The molecule has 1 aromatic rings. The molecule has 0 aromatic heterocycles. The first-order chi connectivity index (χ1) is 6.46. The van der Waals surface area contributed by atoms with Gasteiger partial charge in [0.15, 0.2) is 5.82 Å². The van der Waals surface area contributed by atoms with Crippen LogP contribution in [0.3, 0.4) is 0 Å². The van der Waals surface area contributed by atoms with E-state index in [4.69, 9.17) is 0 Å². The summed E-state index contributed by atoms with van der Waals surface area (Å²) >= 11 is 0. The van der Waals surface area contributed by atoms with Crippen molar-refractivity contribution in [3.05, 3.63) is 41.6 Å². The van der Waals surface area contributed by atoms with Gasteiger partial charge in [-0.15, -0.1) is 5.56 Å². The van der Waals surface area contributed by atoms with E-state index >= 15 is 0 Å². The molecule has 0 saturated heterocycles. The second-order valence-corrected chi connectivity index (χ2v) is 2.05. The Morgan fingerprint density at radius 2 is 0.867 bits per heavy atom. The van der Waals surface area contributed by atoms with Gasteiger partial charge in [0.25, 0.3) is 0 Å². The quantitative estimate of drug-likeness (QED) is 0.297. The number of rotatable bonds is 0. The van der Waals surface area contributed by atoms with Gasteiger partial charge in [-0.05, 0) is 0 Å². The SMILES string of the molecule is CC.[CH2-]c1c(F)c(F)c(F)c(F)c1F.[Y]. The Balaban J connectivity index is 0. The molecule has 0 unspecified atom stereocenters. The van der Waals surface area contributed by atoms with E-state index in [-0.39, 0.29) is 32.7 Å². The van der Waals surface area contributed by atoms with Crippen molar-refractivity contribution in [3.8, 4) is 0 Å². The third-order valence-electron chi connectivity index (χ3n) is 1.30. The standard InChI is InChI=1S/C7H2F5.C2H6.Y/c1-2-3(8)5(10)7(12)6(11)4(2)9;1-2;/h1H2;1-2H3;/q-1;;. The van der Waals surface area contributed by atoms with Crippen LogP contribution >= 0.6 is 0 Å². The molecule has 0 aliphatic heterocycles. The number of halogens is 5. The van der Waals surface area contributed by atoms with E-state index in [0.717, 1.165) is 0 Å². The van der Waals surface area contributed by atoms with Gasteiger partial charge in [0.2, 0.25) is 0 Å². The molecule has 6 heteroatoms. The molecule has 0 amide bonds. The zero-order valence-electron chi connectivity index (χ0n) is 8.17. The van der Waals surface area contributed by atoms with Crippen molar-refractivity contribution in [2.45, 2.75) is 13.8 Å². The minimum atomic E-state index is -2.17. The van der Waals surface area contributed by atoms with Gasteiger partial charge in [0.1, 0.15) is 11.6 Å². The van der Waals surface area contributed by atoms with Crippen LogP contribution in [0, 0.1) is 36.0 Å². The van der Waals surface area contributed by atoms with Gasteiger partial charge >= 0.3 is 0 Å². The van der Waals surface area contributed by atoms with Crippen LogP contribution in [-0.4, -0.2) is 0 Å². The molecule has 1 radical (unpaired) electrons. The third kappa shape index (κ3) is 3.42. The maximum atomic E-state index is 12.3. The van der Waals surface area contributed by atoms with E-state index in [1.54, 1.807) is 0 Å². The average Bonchev–Trinajstić information content (AvgIpc) is 2.24. The van der Waals surface area contributed by atoms with Crippen LogP contribution in [-0.2, 0) is 32.7 Å². The Labute approximate surface area is 110 Å². The summed E-state index contributed by atoms with van der Waals surface area (Å²) in [5, 5.41) is 0. The van der Waals surface area contributed by atoms with Crippen molar-refractivity contribution < 1.29 is 54.7 Å². The molecule has 0 nitrogen and oxygen atoms in total. The Hall–Kier alpha value is -0.156. The molecule has 0 N–H and O–H groups in total. The van der Waals surface area contributed by atoms with Crippen molar-refractivity contribution in [3.63, 3.8) is 0 Å². The van der Waals surface area contributed by atoms with Gasteiger partial charge < -0.3 is 0 Å². The normalized spacial score (nSPS) is 8.73. The van der Waals surface area contributed by atoms with E-state index in [1.165, 1.54) is 0 Å². The predicted molar refractivity (Wildman–Crippen MR) is 42.0 cm³/mol. The van der Waals surface area contributed by atoms with Crippen molar-refractivity contribution in [1.82, 2.24) is 0 Å². The molecule has 0 spiro atoms. The van der Waals surface area contributed by atoms with Crippen LogP contribution < -0.4 is 0 Å². The summed E-state index contributed by atoms with van der Waals surface area (Å²) in [7, 11) is 0. The zero-order chi connectivity index (χ0) is 11.5. The van der Waals surface area contributed by atoms with E-state index in [1.807, 2.05) is 13.8 Å².